The summed E-state index contributed by atoms with van der Waals surface area (Å²) in [7, 11) is 0. The zero-order valence-corrected chi connectivity index (χ0v) is 11.5. The Balaban J connectivity index is 2.09. The Morgan fingerprint density at radius 3 is 3.17 bits per heavy atom. The summed E-state index contributed by atoms with van der Waals surface area (Å²) in [5.74, 6) is 0.399. The molecule has 0 bridgehead atoms. The van der Waals surface area contributed by atoms with Gasteiger partial charge >= 0.3 is 6.09 Å². The summed E-state index contributed by atoms with van der Waals surface area (Å²) < 4.78 is 12.0. The number of fused-ring (bicyclic) bond motifs is 2. The highest BCUT2D eigenvalue weighted by Gasteiger charge is 2.52. The van der Waals surface area contributed by atoms with E-state index in [0.29, 0.717) is 18.9 Å². The Kier molecular flexibility index (Phi) is 2.66. The van der Waals surface area contributed by atoms with Crippen molar-refractivity contribution in [2.75, 3.05) is 6.61 Å². The average molecular weight is 310 g/mol. The van der Waals surface area contributed by atoms with Gasteiger partial charge in [0, 0.05) is 16.5 Å². The van der Waals surface area contributed by atoms with Gasteiger partial charge in [-0.05, 0) is 31.0 Å². The molecular weight excluding hydrogens is 298 g/mol. The molecule has 1 atom stereocenters. The zero-order valence-electron chi connectivity index (χ0n) is 9.90. The van der Waals surface area contributed by atoms with Gasteiger partial charge in [0.05, 0.1) is 6.61 Å². The van der Waals surface area contributed by atoms with Crippen molar-refractivity contribution >= 4 is 27.9 Å². The molecule has 3 rings (SSSR count). The molecule has 0 fully saturated rings. The van der Waals surface area contributed by atoms with E-state index in [-0.39, 0.29) is 0 Å². The molecule has 0 aromatic heterocycles. The van der Waals surface area contributed by atoms with E-state index < -0.39 is 11.7 Å². The SMILES string of the molecule is CCOC1=NC(=O)O[C@]12CCc1cc(Br)ccc12. The minimum atomic E-state index is -0.789. The van der Waals surface area contributed by atoms with E-state index in [4.69, 9.17) is 9.47 Å². The van der Waals surface area contributed by atoms with E-state index in [2.05, 4.69) is 27.0 Å². The van der Waals surface area contributed by atoms with Gasteiger partial charge in [0.1, 0.15) is 0 Å². The van der Waals surface area contributed by atoms with Crippen molar-refractivity contribution in [3.05, 3.63) is 33.8 Å². The molecule has 0 N–H and O–H groups in total. The van der Waals surface area contributed by atoms with Crippen LogP contribution in [0.5, 0.6) is 0 Å². The van der Waals surface area contributed by atoms with Crippen LogP contribution in [-0.2, 0) is 21.5 Å². The van der Waals surface area contributed by atoms with Crippen LogP contribution in [0.3, 0.4) is 0 Å². The normalized spacial score (nSPS) is 25.0. The second-order valence-electron chi connectivity index (χ2n) is 4.35. The maximum absolute atomic E-state index is 11.5. The van der Waals surface area contributed by atoms with Crippen molar-refractivity contribution in [1.29, 1.82) is 0 Å². The fourth-order valence-corrected chi connectivity index (χ4v) is 3.02. The van der Waals surface area contributed by atoms with Crippen LogP contribution >= 0.6 is 15.9 Å². The quantitative estimate of drug-likeness (QED) is 0.800. The first kappa shape index (κ1) is 11.7. The maximum atomic E-state index is 11.5. The topological polar surface area (TPSA) is 47.9 Å². The Bertz CT molecular complexity index is 555. The number of carbonyl (C=O) groups is 1. The molecule has 1 aliphatic heterocycles. The predicted molar refractivity (Wildman–Crippen MR) is 69.7 cm³/mol. The van der Waals surface area contributed by atoms with Crippen molar-refractivity contribution in [1.82, 2.24) is 0 Å². The number of aryl methyl sites for hydroxylation is 1. The molecule has 1 heterocycles. The van der Waals surface area contributed by atoms with Gasteiger partial charge in [0.15, 0.2) is 0 Å². The molecule has 4 nitrogen and oxygen atoms in total. The number of ether oxygens (including phenoxy) is 2. The van der Waals surface area contributed by atoms with Gasteiger partial charge in [-0.2, -0.15) is 0 Å². The summed E-state index contributed by atoms with van der Waals surface area (Å²) in [6.07, 6.45) is 0.992. The summed E-state index contributed by atoms with van der Waals surface area (Å²) in [5.41, 5.74) is 1.37. The van der Waals surface area contributed by atoms with Crippen LogP contribution in [0.25, 0.3) is 0 Å². The molecule has 0 radical (unpaired) electrons. The van der Waals surface area contributed by atoms with Crippen LogP contribution in [0.1, 0.15) is 24.5 Å². The highest BCUT2D eigenvalue weighted by atomic mass is 79.9. The molecule has 1 spiro atoms. The van der Waals surface area contributed by atoms with Crippen LogP contribution in [0, 0.1) is 0 Å². The number of hydrogen-bond acceptors (Lipinski definition) is 3. The van der Waals surface area contributed by atoms with Gasteiger partial charge in [-0.25, -0.2) is 4.79 Å². The monoisotopic (exact) mass is 309 g/mol. The van der Waals surface area contributed by atoms with Crippen LogP contribution < -0.4 is 0 Å². The van der Waals surface area contributed by atoms with Crippen LogP contribution in [0.2, 0.25) is 0 Å². The van der Waals surface area contributed by atoms with Gasteiger partial charge in [-0.15, -0.1) is 4.99 Å². The molecule has 5 heteroatoms. The summed E-state index contributed by atoms with van der Waals surface area (Å²) in [6.45, 7) is 2.35. The summed E-state index contributed by atoms with van der Waals surface area (Å²) in [4.78, 5) is 15.3. The first-order valence-electron chi connectivity index (χ1n) is 5.89. The second kappa shape index (κ2) is 4.09. The van der Waals surface area contributed by atoms with E-state index in [1.165, 1.54) is 5.56 Å². The van der Waals surface area contributed by atoms with Gasteiger partial charge in [0.25, 0.3) is 0 Å². The lowest BCUT2D eigenvalue weighted by Gasteiger charge is -2.24. The minimum absolute atomic E-state index is 0.399. The molecular formula is C13H12BrNO3. The molecule has 0 saturated heterocycles. The van der Waals surface area contributed by atoms with Crippen LogP contribution in [0.4, 0.5) is 4.79 Å². The highest BCUT2D eigenvalue weighted by Crippen LogP contribution is 2.45. The van der Waals surface area contributed by atoms with Gasteiger partial charge in [0.2, 0.25) is 11.5 Å². The highest BCUT2D eigenvalue weighted by molar-refractivity contribution is 9.10. The summed E-state index contributed by atoms with van der Waals surface area (Å²) >= 11 is 3.45. The number of rotatable bonds is 1. The van der Waals surface area contributed by atoms with Crippen LogP contribution in [0.15, 0.2) is 27.7 Å². The Morgan fingerprint density at radius 2 is 2.39 bits per heavy atom. The Labute approximate surface area is 113 Å². The third-order valence-corrected chi connectivity index (χ3v) is 3.82. The molecule has 1 aliphatic carbocycles. The van der Waals surface area contributed by atoms with Crippen molar-refractivity contribution in [3.63, 3.8) is 0 Å². The van der Waals surface area contributed by atoms with E-state index in [1.54, 1.807) is 0 Å². The Hall–Kier alpha value is -1.36. The summed E-state index contributed by atoms with van der Waals surface area (Å²) in [6, 6.07) is 5.97. The lowest BCUT2D eigenvalue weighted by atomic mass is 9.96. The van der Waals surface area contributed by atoms with Gasteiger partial charge in [-0.3, -0.25) is 0 Å². The number of nitrogens with zero attached hydrogens (tertiary/aromatic N) is 1. The lowest BCUT2D eigenvalue weighted by molar-refractivity contribution is 0.0658. The number of benzene rings is 1. The molecule has 2 aliphatic rings. The van der Waals surface area contributed by atoms with Gasteiger partial charge < -0.3 is 9.47 Å². The molecule has 1 amide bonds. The van der Waals surface area contributed by atoms with Crippen molar-refractivity contribution in [2.45, 2.75) is 25.4 Å². The second-order valence-corrected chi connectivity index (χ2v) is 5.26. The molecule has 0 saturated carbocycles. The van der Waals surface area contributed by atoms with Gasteiger partial charge in [-0.1, -0.05) is 22.0 Å². The standard InChI is InChI=1S/C13H12BrNO3/c1-2-17-11-13(18-12(16)15-11)6-5-8-7-9(14)3-4-10(8)13/h3-4,7H,2,5-6H2,1H3/t13-/m0/s1. The third-order valence-electron chi connectivity index (χ3n) is 3.33. The molecule has 1 aromatic rings. The van der Waals surface area contributed by atoms with Crippen molar-refractivity contribution in [3.8, 4) is 0 Å². The molecule has 1 aromatic carbocycles. The van der Waals surface area contributed by atoms with Crippen molar-refractivity contribution < 1.29 is 14.3 Å². The lowest BCUT2D eigenvalue weighted by Crippen LogP contribution is -2.34. The van der Waals surface area contributed by atoms with E-state index in [0.717, 1.165) is 16.5 Å². The first-order valence-corrected chi connectivity index (χ1v) is 6.69. The average Bonchev–Trinajstić information content (AvgIpc) is 2.83. The van der Waals surface area contributed by atoms with E-state index in [9.17, 15) is 4.79 Å². The van der Waals surface area contributed by atoms with E-state index in [1.807, 2.05) is 19.1 Å². The fraction of sp³-hybridized carbons (Fsp3) is 0.385. The number of amides is 1. The van der Waals surface area contributed by atoms with E-state index >= 15 is 0 Å². The number of carbonyl (C=O) groups excluding carboxylic acids is 1. The smallest absolute Gasteiger partial charge is 0.438 e. The molecule has 94 valence electrons. The zero-order chi connectivity index (χ0) is 12.8. The number of halogens is 1. The number of aliphatic imine (C=N–C) groups is 1. The third kappa shape index (κ3) is 1.57. The molecule has 18 heavy (non-hydrogen) atoms. The number of hydrogen-bond donors (Lipinski definition) is 0. The molecule has 0 unspecified atom stereocenters. The van der Waals surface area contributed by atoms with Crippen LogP contribution in [-0.4, -0.2) is 18.6 Å². The largest absolute Gasteiger partial charge is 0.478 e. The summed E-state index contributed by atoms with van der Waals surface area (Å²) in [5, 5.41) is 0. The Morgan fingerprint density at radius 1 is 1.56 bits per heavy atom. The fourth-order valence-electron chi connectivity index (χ4n) is 2.61. The van der Waals surface area contributed by atoms with Crippen molar-refractivity contribution in [2.24, 2.45) is 4.99 Å². The predicted octanol–water partition coefficient (Wildman–Crippen LogP) is 3.18. The first-order chi connectivity index (χ1) is 8.65. The maximum Gasteiger partial charge on any atom is 0.438 e. The minimum Gasteiger partial charge on any atom is -0.478 e.